The number of hydrogen-bond donors (Lipinski definition) is 0. The van der Waals surface area contributed by atoms with E-state index in [4.69, 9.17) is 0 Å². The summed E-state index contributed by atoms with van der Waals surface area (Å²) in [6.07, 6.45) is 0. The summed E-state index contributed by atoms with van der Waals surface area (Å²) in [6, 6.07) is 0.486. The summed E-state index contributed by atoms with van der Waals surface area (Å²) in [4.78, 5) is 0. The Morgan fingerprint density at radius 2 is 0.909 bits per heavy atom. The highest BCUT2D eigenvalue weighted by molar-refractivity contribution is 4.57. The molecule has 0 N–H and O–H groups in total. The molecule has 11 heavy (non-hydrogen) atoms. The van der Waals surface area contributed by atoms with E-state index >= 15 is 0 Å². The molecule has 0 aliphatic rings. The van der Waals surface area contributed by atoms with Gasteiger partial charge in [-0.3, -0.25) is 0 Å². The van der Waals surface area contributed by atoms with E-state index < -0.39 is 0 Å². The van der Waals surface area contributed by atoms with Crippen molar-refractivity contribution in [3.63, 3.8) is 0 Å². The van der Waals surface area contributed by atoms with Crippen LogP contribution in [0.3, 0.4) is 0 Å². The second-order valence-corrected chi connectivity index (χ2v) is 4.04. The van der Waals surface area contributed by atoms with E-state index in [2.05, 4.69) is 0 Å². The molecule has 0 saturated carbocycles. The monoisotopic (exact) mass is 159 g/mol. The van der Waals surface area contributed by atoms with Crippen molar-refractivity contribution in [1.29, 1.82) is 0 Å². The zero-order chi connectivity index (χ0) is 9.23. The molecule has 0 atom stereocenters. The van der Waals surface area contributed by atoms with E-state index in [-0.39, 0.29) is 22.8 Å². The van der Waals surface area contributed by atoms with Gasteiger partial charge in [0.1, 0.15) is 0 Å². The summed E-state index contributed by atoms with van der Waals surface area (Å²) >= 11 is 0. The van der Waals surface area contributed by atoms with Gasteiger partial charge in [-0.1, -0.05) is 0 Å². The van der Waals surface area contributed by atoms with Crippen LogP contribution in [0.15, 0.2) is 0 Å². The predicted octanol–water partition coefficient (Wildman–Crippen LogP) is 2.53. The topological polar surface area (TPSA) is 23.1 Å². The van der Waals surface area contributed by atoms with Crippen LogP contribution in [-0.4, -0.2) is 22.8 Å². The summed E-state index contributed by atoms with van der Waals surface area (Å²) < 4.78 is -0.0833. The maximum atomic E-state index is 12.1. The maximum Gasteiger partial charge on any atom is 0.0834 e. The van der Waals surface area contributed by atoms with Gasteiger partial charge in [-0.15, -0.1) is 0 Å². The molecule has 0 amide bonds. The average molecular weight is 159 g/mol. The first-order valence-corrected chi connectivity index (χ1v) is 4.42. The van der Waals surface area contributed by atoms with E-state index in [1.165, 1.54) is 0 Å². The SMILES string of the molecule is CC(C)[N+]([O-])(C(C)C)C(C)C. The van der Waals surface area contributed by atoms with Crippen molar-refractivity contribution in [1.82, 2.24) is 0 Å². The highest BCUT2D eigenvalue weighted by Gasteiger charge is 2.28. The molecule has 2 heteroatoms. The summed E-state index contributed by atoms with van der Waals surface area (Å²) in [5.41, 5.74) is 0. The molecule has 0 fully saturated rings. The Balaban J connectivity index is 4.53. The molecule has 0 aromatic heterocycles. The van der Waals surface area contributed by atoms with Crippen molar-refractivity contribution >= 4 is 0 Å². The lowest BCUT2D eigenvalue weighted by molar-refractivity contribution is -0.941. The molecule has 0 spiro atoms. The van der Waals surface area contributed by atoms with Crippen molar-refractivity contribution in [2.75, 3.05) is 0 Å². The largest absolute Gasteiger partial charge is 0.632 e. The van der Waals surface area contributed by atoms with Gasteiger partial charge in [-0.2, -0.15) is 0 Å². The van der Waals surface area contributed by atoms with Crippen LogP contribution in [0.4, 0.5) is 0 Å². The zero-order valence-corrected chi connectivity index (χ0v) is 8.59. The third-order valence-electron chi connectivity index (χ3n) is 2.42. The molecule has 2 nitrogen and oxygen atoms in total. The average Bonchev–Trinajstić information content (AvgIpc) is 1.84. The first-order chi connectivity index (χ1) is 4.83. The summed E-state index contributed by atoms with van der Waals surface area (Å²) in [5.74, 6) is 0. The smallest absolute Gasteiger partial charge is 0.0834 e. The van der Waals surface area contributed by atoms with Crippen molar-refractivity contribution in [3.05, 3.63) is 5.21 Å². The highest BCUT2D eigenvalue weighted by Crippen LogP contribution is 2.21. The Labute approximate surface area is 70.4 Å². The fourth-order valence-electron chi connectivity index (χ4n) is 1.79. The minimum atomic E-state index is -0.0833. The van der Waals surface area contributed by atoms with Gasteiger partial charge >= 0.3 is 0 Å². The third-order valence-corrected chi connectivity index (χ3v) is 2.42. The molecule has 0 aromatic rings. The molecule has 0 heterocycles. The van der Waals surface area contributed by atoms with Crippen LogP contribution in [0.25, 0.3) is 0 Å². The van der Waals surface area contributed by atoms with Gasteiger partial charge < -0.3 is 9.85 Å². The third kappa shape index (κ3) is 1.94. The standard InChI is InChI=1S/C9H21NO/c1-7(2)10(11,8(3)4)9(5)6/h7-9H,1-6H3. The van der Waals surface area contributed by atoms with Crippen LogP contribution in [0.2, 0.25) is 0 Å². The first-order valence-electron chi connectivity index (χ1n) is 4.42. The molecule has 0 unspecified atom stereocenters. The van der Waals surface area contributed by atoms with Gasteiger partial charge in [0.15, 0.2) is 0 Å². The van der Waals surface area contributed by atoms with E-state index in [9.17, 15) is 5.21 Å². The highest BCUT2D eigenvalue weighted by atomic mass is 16.6. The Hall–Kier alpha value is -0.0800. The number of quaternary nitrogens is 1. The van der Waals surface area contributed by atoms with Gasteiger partial charge in [-0.25, -0.2) is 0 Å². The van der Waals surface area contributed by atoms with Crippen molar-refractivity contribution in [2.45, 2.75) is 59.7 Å². The molecule has 0 rings (SSSR count). The van der Waals surface area contributed by atoms with Gasteiger partial charge in [0.05, 0.1) is 18.1 Å². The van der Waals surface area contributed by atoms with Crippen LogP contribution < -0.4 is 0 Å². The van der Waals surface area contributed by atoms with Crippen LogP contribution in [0, 0.1) is 5.21 Å². The van der Waals surface area contributed by atoms with E-state index in [0.717, 1.165) is 0 Å². The van der Waals surface area contributed by atoms with E-state index in [1.54, 1.807) is 0 Å². The second-order valence-electron chi connectivity index (χ2n) is 4.04. The van der Waals surface area contributed by atoms with E-state index in [1.807, 2.05) is 41.5 Å². The quantitative estimate of drug-likeness (QED) is 0.458. The number of hydroxylamine groups is 3. The number of nitrogens with zero attached hydrogens (tertiary/aromatic N) is 1. The Kier molecular flexibility index (Phi) is 3.52. The maximum absolute atomic E-state index is 12.1. The van der Waals surface area contributed by atoms with Gasteiger partial charge in [-0.05, 0) is 41.5 Å². The Morgan fingerprint density at radius 3 is 0.909 bits per heavy atom. The molecule has 0 radical (unpaired) electrons. The van der Waals surface area contributed by atoms with Crippen molar-refractivity contribution in [2.24, 2.45) is 0 Å². The molecule has 0 bridgehead atoms. The summed E-state index contributed by atoms with van der Waals surface area (Å²) in [7, 11) is 0. The Morgan fingerprint density at radius 1 is 0.727 bits per heavy atom. The first kappa shape index (κ1) is 10.9. The lowest BCUT2D eigenvalue weighted by atomic mass is 10.1. The zero-order valence-electron chi connectivity index (χ0n) is 8.59. The van der Waals surface area contributed by atoms with Crippen molar-refractivity contribution in [3.8, 4) is 0 Å². The minimum absolute atomic E-state index is 0.0833. The molecular weight excluding hydrogens is 138 g/mol. The molecular formula is C9H21NO. The second kappa shape index (κ2) is 3.55. The van der Waals surface area contributed by atoms with E-state index in [0.29, 0.717) is 0 Å². The van der Waals surface area contributed by atoms with Crippen LogP contribution in [-0.2, 0) is 0 Å². The fraction of sp³-hybridized carbons (Fsp3) is 1.00. The van der Waals surface area contributed by atoms with Crippen molar-refractivity contribution < 1.29 is 4.65 Å². The van der Waals surface area contributed by atoms with Gasteiger partial charge in [0.2, 0.25) is 0 Å². The van der Waals surface area contributed by atoms with Gasteiger partial charge in [0.25, 0.3) is 0 Å². The molecule has 0 aliphatic heterocycles. The van der Waals surface area contributed by atoms with Crippen LogP contribution in [0.1, 0.15) is 41.5 Å². The normalized spacial score (nSPS) is 13.6. The number of rotatable bonds is 3. The molecule has 68 valence electrons. The fourth-order valence-corrected chi connectivity index (χ4v) is 1.79. The lowest BCUT2D eigenvalue weighted by Crippen LogP contribution is -2.57. The Bertz CT molecular complexity index is 97.0. The molecule has 0 saturated heterocycles. The van der Waals surface area contributed by atoms with Gasteiger partial charge in [0, 0.05) is 0 Å². The summed E-state index contributed by atoms with van der Waals surface area (Å²) in [5, 5.41) is 12.1. The minimum Gasteiger partial charge on any atom is -0.632 e. The molecule has 0 aromatic carbocycles. The van der Waals surface area contributed by atoms with Crippen LogP contribution in [0.5, 0.6) is 0 Å². The predicted molar refractivity (Wildman–Crippen MR) is 49.0 cm³/mol. The lowest BCUT2D eigenvalue weighted by Gasteiger charge is -2.53. The number of hydrogen-bond acceptors (Lipinski definition) is 1. The molecule has 0 aliphatic carbocycles. The summed E-state index contributed by atoms with van der Waals surface area (Å²) in [6.45, 7) is 12.0. The van der Waals surface area contributed by atoms with Crippen LogP contribution >= 0.6 is 0 Å².